The van der Waals surface area contributed by atoms with Crippen molar-refractivity contribution in [1.29, 1.82) is 5.26 Å². The van der Waals surface area contributed by atoms with Crippen LogP contribution in [-0.2, 0) is 6.42 Å². The van der Waals surface area contributed by atoms with E-state index in [4.69, 9.17) is 5.26 Å². The lowest BCUT2D eigenvalue weighted by atomic mass is 10.1. The van der Waals surface area contributed by atoms with Crippen LogP contribution in [0.5, 0.6) is 0 Å². The average Bonchev–Trinajstić information content (AvgIpc) is 2.52. The molecule has 0 aliphatic carbocycles. The van der Waals surface area contributed by atoms with E-state index in [9.17, 15) is 0 Å². The summed E-state index contributed by atoms with van der Waals surface area (Å²) in [7, 11) is 0. The highest BCUT2D eigenvalue weighted by Gasteiger charge is 2.00. The van der Waals surface area contributed by atoms with Crippen LogP contribution in [-0.4, -0.2) is 4.98 Å². The molecule has 0 amide bonds. The van der Waals surface area contributed by atoms with Gasteiger partial charge in [0.2, 0.25) is 0 Å². The van der Waals surface area contributed by atoms with Gasteiger partial charge in [-0.2, -0.15) is 5.26 Å². The Hall–Kier alpha value is -1.23. The minimum atomic E-state index is 0.797. The van der Waals surface area contributed by atoms with Crippen molar-refractivity contribution in [2.45, 2.75) is 32.6 Å². The number of aromatic amines is 1. The molecule has 0 spiro atoms. The monoisotopic (exact) mass is 162 g/mol. The van der Waals surface area contributed by atoms with Gasteiger partial charge >= 0.3 is 0 Å². The number of aromatic nitrogens is 1. The maximum absolute atomic E-state index is 8.69. The topological polar surface area (TPSA) is 39.6 Å². The number of nitrogens with one attached hydrogen (secondary N) is 1. The maximum Gasteiger partial charge on any atom is 0.101 e. The van der Waals surface area contributed by atoms with Crippen molar-refractivity contribution in [2.75, 3.05) is 0 Å². The summed E-state index contributed by atoms with van der Waals surface area (Å²) in [5.74, 6) is 0. The fourth-order valence-electron chi connectivity index (χ4n) is 1.27. The zero-order valence-electron chi connectivity index (χ0n) is 7.43. The third-order valence-corrected chi connectivity index (χ3v) is 1.98. The molecule has 0 saturated heterocycles. The predicted molar refractivity (Wildman–Crippen MR) is 48.7 cm³/mol. The van der Waals surface area contributed by atoms with Gasteiger partial charge in [0.05, 0.1) is 5.56 Å². The minimum Gasteiger partial charge on any atom is -0.364 e. The van der Waals surface area contributed by atoms with Gasteiger partial charge in [-0.15, -0.1) is 0 Å². The summed E-state index contributed by atoms with van der Waals surface area (Å²) in [5, 5.41) is 8.69. The Labute approximate surface area is 73.2 Å². The molecule has 0 unspecified atom stereocenters. The van der Waals surface area contributed by atoms with Crippen LogP contribution in [0.4, 0.5) is 0 Å². The largest absolute Gasteiger partial charge is 0.364 e. The molecule has 1 aromatic rings. The molecule has 0 bridgehead atoms. The zero-order valence-corrected chi connectivity index (χ0v) is 7.43. The maximum atomic E-state index is 8.69. The molecule has 0 radical (unpaired) electrons. The molecule has 2 heteroatoms. The van der Waals surface area contributed by atoms with Crippen LogP contribution in [0.1, 0.15) is 37.4 Å². The number of hydrogen-bond donors (Lipinski definition) is 1. The fraction of sp³-hybridized carbons (Fsp3) is 0.500. The van der Waals surface area contributed by atoms with E-state index in [0.717, 1.165) is 17.7 Å². The quantitative estimate of drug-likeness (QED) is 0.679. The van der Waals surface area contributed by atoms with Gasteiger partial charge < -0.3 is 4.98 Å². The molecule has 12 heavy (non-hydrogen) atoms. The number of hydrogen-bond acceptors (Lipinski definition) is 1. The molecule has 0 saturated carbocycles. The lowest BCUT2D eigenvalue weighted by molar-refractivity contribution is 0.709. The lowest BCUT2D eigenvalue weighted by Crippen LogP contribution is -1.88. The summed E-state index contributed by atoms with van der Waals surface area (Å²) in [6.45, 7) is 2.18. The first-order valence-electron chi connectivity index (χ1n) is 4.44. The molecule has 0 aromatic carbocycles. The summed E-state index contributed by atoms with van der Waals surface area (Å²) in [5.41, 5.74) is 1.89. The number of nitrogens with zero attached hydrogens (tertiary/aromatic N) is 1. The first-order chi connectivity index (χ1) is 5.88. The Morgan fingerprint density at radius 1 is 1.50 bits per heavy atom. The molecular formula is C10H14N2. The number of rotatable bonds is 4. The Kier molecular flexibility index (Phi) is 3.40. The summed E-state index contributed by atoms with van der Waals surface area (Å²) in [6.07, 6.45) is 6.47. The van der Waals surface area contributed by atoms with Crippen LogP contribution in [0.15, 0.2) is 12.3 Å². The predicted octanol–water partition coefficient (Wildman–Crippen LogP) is 2.62. The molecule has 1 heterocycles. The minimum absolute atomic E-state index is 0.797. The smallest absolute Gasteiger partial charge is 0.101 e. The molecule has 0 fully saturated rings. The Bertz CT molecular complexity index is 268. The molecule has 0 atom stereocenters. The second-order valence-electron chi connectivity index (χ2n) is 2.94. The second-order valence-corrected chi connectivity index (χ2v) is 2.94. The SMILES string of the molecule is CCCCCc1[nH]ccc1C#N. The summed E-state index contributed by atoms with van der Waals surface area (Å²) < 4.78 is 0. The van der Waals surface area contributed by atoms with Gasteiger partial charge in [-0.05, 0) is 18.9 Å². The lowest BCUT2D eigenvalue weighted by Gasteiger charge is -1.96. The van der Waals surface area contributed by atoms with Crippen molar-refractivity contribution in [3.05, 3.63) is 23.5 Å². The van der Waals surface area contributed by atoms with Crippen molar-refractivity contribution < 1.29 is 0 Å². The second kappa shape index (κ2) is 4.61. The van der Waals surface area contributed by atoms with Crippen LogP contribution in [0.3, 0.4) is 0 Å². The van der Waals surface area contributed by atoms with Crippen molar-refractivity contribution in [1.82, 2.24) is 4.98 Å². The Balaban J connectivity index is 2.46. The standard InChI is InChI=1S/C10H14N2/c1-2-3-4-5-10-9(8-11)6-7-12-10/h6-7,12H,2-5H2,1H3. The van der Waals surface area contributed by atoms with E-state index in [1.165, 1.54) is 19.3 Å². The summed E-state index contributed by atoms with van der Waals surface area (Å²) >= 11 is 0. The van der Waals surface area contributed by atoms with Gasteiger partial charge in [-0.25, -0.2) is 0 Å². The van der Waals surface area contributed by atoms with Gasteiger partial charge in [-0.1, -0.05) is 19.8 Å². The van der Waals surface area contributed by atoms with Crippen LogP contribution >= 0.6 is 0 Å². The molecule has 0 aliphatic rings. The first-order valence-corrected chi connectivity index (χ1v) is 4.44. The molecule has 64 valence electrons. The third kappa shape index (κ3) is 2.13. The van der Waals surface area contributed by atoms with Crippen molar-refractivity contribution in [3.8, 4) is 6.07 Å². The third-order valence-electron chi connectivity index (χ3n) is 1.98. The van der Waals surface area contributed by atoms with Gasteiger partial charge in [0.1, 0.15) is 6.07 Å². The van der Waals surface area contributed by atoms with E-state index >= 15 is 0 Å². The molecular weight excluding hydrogens is 148 g/mol. The van der Waals surface area contributed by atoms with E-state index in [1.807, 2.05) is 12.3 Å². The Morgan fingerprint density at radius 3 is 3.00 bits per heavy atom. The normalized spacial score (nSPS) is 9.67. The van der Waals surface area contributed by atoms with Crippen molar-refractivity contribution in [3.63, 3.8) is 0 Å². The van der Waals surface area contributed by atoms with E-state index < -0.39 is 0 Å². The average molecular weight is 162 g/mol. The van der Waals surface area contributed by atoms with Crippen molar-refractivity contribution >= 4 is 0 Å². The van der Waals surface area contributed by atoms with Crippen LogP contribution in [0, 0.1) is 11.3 Å². The number of unbranched alkanes of at least 4 members (excludes halogenated alkanes) is 2. The van der Waals surface area contributed by atoms with Crippen molar-refractivity contribution in [2.24, 2.45) is 0 Å². The molecule has 2 nitrogen and oxygen atoms in total. The highest BCUT2D eigenvalue weighted by molar-refractivity contribution is 5.33. The molecule has 1 rings (SSSR count). The molecule has 1 N–H and O–H groups in total. The van der Waals surface area contributed by atoms with Crippen LogP contribution in [0.2, 0.25) is 0 Å². The van der Waals surface area contributed by atoms with E-state index in [0.29, 0.717) is 0 Å². The van der Waals surface area contributed by atoms with Crippen LogP contribution in [0.25, 0.3) is 0 Å². The van der Waals surface area contributed by atoms with E-state index in [-0.39, 0.29) is 0 Å². The van der Waals surface area contributed by atoms with Crippen LogP contribution < -0.4 is 0 Å². The van der Waals surface area contributed by atoms with E-state index in [2.05, 4.69) is 18.0 Å². The summed E-state index contributed by atoms with van der Waals surface area (Å²) in [6, 6.07) is 4.01. The first kappa shape index (κ1) is 8.86. The van der Waals surface area contributed by atoms with Gasteiger partial charge in [-0.3, -0.25) is 0 Å². The molecule has 0 aliphatic heterocycles. The number of H-pyrrole nitrogens is 1. The fourth-order valence-corrected chi connectivity index (χ4v) is 1.27. The number of nitriles is 1. The number of aryl methyl sites for hydroxylation is 1. The highest BCUT2D eigenvalue weighted by Crippen LogP contribution is 2.09. The zero-order chi connectivity index (χ0) is 8.81. The molecule has 1 aromatic heterocycles. The van der Waals surface area contributed by atoms with Gasteiger partial charge in [0, 0.05) is 11.9 Å². The van der Waals surface area contributed by atoms with E-state index in [1.54, 1.807) is 0 Å². The Morgan fingerprint density at radius 2 is 2.33 bits per heavy atom. The highest BCUT2D eigenvalue weighted by atomic mass is 14.7. The summed E-state index contributed by atoms with van der Waals surface area (Å²) in [4.78, 5) is 3.09. The van der Waals surface area contributed by atoms with Gasteiger partial charge in [0.15, 0.2) is 0 Å². The van der Waals surface area contributed by atoms with Gasteiger partial charge in [0.25, 0.3) is 0 Å².